The minimum atomic E-state index is -0.347. The van der Waals surface area contributed by atoms with Gasteiger partial charge in [-0.25, -0.2) is 0 Å². The lowest BCUT2D eigenvalue weighted by molar-refractivity contribution is -0.121. The maximum Gasteiger partial charge on any atom is 0.150 e. The van der Waals surface area contributed by atoms with Gasteiger partial charge in [-0.1, -0.05) is 24.3 Å². The van der Waals surface area contributed by atoms with Crippen LogP contribution in [0.5, 0.6) is 0 Å². The summed E-state index contributed by atoms with van der Waals surface area (Å²) in [5.41, 5.74) is 9.07. The first-order chi connectivity index (χ1) is 12.2. The Labute approximate surface area is 167 Å². The van der Waals surface area contributed by atoms with Crippen LogP contribution in [0.25, 0.3) is 0 Å². The number of benzene rings is 2. The predicted octanol–water partition coefficient (Wildman–Crippen LogP) is 6.45. The summed E-state index contributed by atoms with van der Waals surface area (Å²) in [6, 6.07) is 8.48. The molecule has 0 amide bonds. The van der Waals surface area contributed by atoms with Crippen molar-refractivity contribution in [2.45, 2.75) is 53.4 Å². The number of ketones is 1. The molecule has 26 heavy (non-hydrogen) atoms. The lowest BCUT2D eigenvalue weighted by Gasteiger charge is -2.24. The van der Waals surface area contributed by atoms with E-state index in [1.54, 1.807) is 0 Å². The van der Waals surface area contributed by atoms with Gasteiger partial charge < -0.3 is 0 Å². The Hall–Kier alpha value is -1.31. The summed E-state index contributed by atoms with van der Waals surface area (Å²) in [4.78, 5) is 13.4. The summed E-state index contributed by atoms with van der Waals surface area (Å²) in [6.07, 6.45) is 0. The fourth-order valence-electron chi connectivity index (χ4n) is 3.58. The predicted molar refractivity (Wildman–Crippen MR) is 113 cm³/mol. The monoisotopic (exact) mass is 390 g/mol. The molecule has 0 radical (unpaired) electrons. The van der Waals surface area contributed by atoms with E-state index < -0.39 is 0 Å². The fourth-order valence-corrected chi connectivity index (χ4v) is 4.22. The lowest BCUT2D eigenvalue weighted by atomic mass is 9.81. The Morgan fingerprint density at radius 3 is 1.27 bits per heavy atom. The summed E-state index contributed by atoms with van der Waals surface area (Å²) in [5, 5.41) is 0. The second-order valence-corrected chi connectivity index (χ2v) is 8.02. The van der Waals surface area contributed by atoms with Crippen molar-refractivity contribution in [2.75, 3.05) is 11.8 Å². The molecule has 0 aliphatic rings. The van der Waals surface area contributed by atoms with E-state index in [0.29, 0.717) is 0 Å². The first-order valence-electron chi connectivity index (χ1n) is 9.02. The van der Waals surface area contributed by atoms with E-state index in [9.17, 15) is 4.79 Å². The molecule has 3 heteroatoms. The van der Waals surface area contributed by atoms with E-state index in [0.717, 1.165) is 22.3 Å². The van der Waals surface area contributed by atoms with Gasteiger partial charge in [-0.05, 0) is 86.1 Å². The average molecular weight is 391 g/mol. The fraction of sp³-hybridized carbons (Fsp3) is 0.435. The second-order valence-electron chi connectivity index (χ2n) is 7.40. The van der Waals surface area contributed by atoms with E-state index in [-0.39, 0.29) is 29.4 Å². The quantitative estimate of drug-likeness (QED) is 0.517. The summed E-state index contributed by atoms with van der Waals surface area (Å²) in [5.74, 6) is -0.0620. The van der Waals surface area contributed by atoms with Crippen molar-refractivity contribution >= 4 is 29.0 Å². The lowest BCUT2D eigenvalue weighted by Crippen LogP contribution is -2.25. The summed E-state index contributed by atoms with van der Waals surface area (Å²) >= 11 is 12.6. The molecule has 2 rings (SSSR count). The molecule has 0 heterocycles. The van der Waals surface area contributed by atoms with Crippen LogP contribution in [0.4, 0.5) is 0 Å². The molecule has 140 valence electrons. The first kappa shape index (κ1) is 21.0. The third-order valence-corrected chi connectivity index (χ3v) is 6.13. The zero-order valence-corrected chi connectivity index (χ0v) is 18.1. The van der Waals surface area contributed by atoms with Crippen LogP contribution in [-0.4, -0.2) is 17.5 Å². The van der Waals surface area contributed by atoms with Gasteiger partial charge >= 0.3 is 0 Å². The Balaban J connectivity index is 2.49. The van der Waals surface area contributed by atoms with Crippen molar-refractivity contribution in [1.29, 1.82) is 0 Å². The molecular formula is C23H28Cl2O. The molecule has 0 N–H and O–H groups in total. The minimum Gasteiger partial charge on any atom is -0.298 e. The zero-order valence-electron chi connectivity index (χ0n) is 16.5. The van der Waals surface area contributed by atoms with Crippen molar-refractivity contribution in [1.82, 2.24) is 0 Å². The van der Waals surface area contributed by atoms with Gasteiger partial charge in [0.15, 0.2) is 0 Å². The van der Waals surface area contributed by atoms with Crippen LogP contribution in [0, 0.1) is 41.5 Å². The molecular weight excluding hydrogens is 363 g/mol. The smallest absolute Gasteiger partial charge is 0.150 e. The van der Waals surface area contributed by atoms with Crippen LogP contribution in [0.1, 0.15) is 56.3 Å². The highest BCUT2D eigenvalue weighted by molar-refractivity contribution is 6.22. The summed E-state index contributed by atoms with van der Waals surface area (Å²) in [6.45, 7) is 12.4. The number of Topliss-reactive ketones (excluding diaryl/α,β-unsaturated/α-hetero) is 1. The van der Waals surface area contributed by atoms with Gasteiger partial charge in [0.2, 0.25) is 0 Å². The number of carbonyl (C=O) groups is 1. The third-order valence-electron chi connectivity index (χ3n) is 5.51. The number of halogens is 2. The summed E-state index contributed by atoms with van der Waals surface area (Å²) < 4.78 is 0. The van der Waals surface area contributed by atoms with Gasteiger partial charge in [0.1, 0.15) is 5.78 Å². The van der Waals surface area contributed by atoms with E-state index in [2.05, 4.69) is 52.0 Å². The van der Waals surface area contributed by atoms with E-state index in [4.69, 9.17) is 23.2 Å². The van der Waals surface area contributed by atoms with Crippen LogP contribution >= 0.6 is 23.2 Å². The molecule has 0 spiro atoms. The molecule has 2 unspecified atom stereocenters. The largest absolute Gasteiger partial charge is 0.298 e. The van der Waals surface area contributed by atoms with Gasteiger partial charge in [0, 0.05) is 11.8 Å². The van der Waals surface area contributed by atoms with Crippen molar-refractivity contribution in [2.24, 2.45) is 0 Å². The standard InChI is InChI=1S/C23H28Cl2O/c1-13-7-17(5)19(9-15(13)3)21(11-24)23(26)22(12-25)20-10-16(4)14(2)8-18(20)6/h7-10,21-22H,11-12H2,1-6H3. The highest BCUT2D eigenvalue weighted by atomic mass is 35.5. The van der Waals surface area contributed by atoms with Crippen molar-refractivity contribution < 1.29 is 4.79 Å². The molecule has 1 nitrogen and oxygen atoms in total. The highest BCUT2D eigenvalue weighted by Crippen LogP contribution is 2.33. The first-order valence-corrected chi connectivity index (χ1v) is 10.1. The third kappa shape index (κ3) is 4.15. The molecule has 0 aliphatic carbocycles. The van der Waals surface area contributed by atoms with Crippen LogP contribution in [0.3, 0.4) is 0 Å². The van der Waals surface area contributed by atoms with Gasteiger partial charge in [0.25, 0.3) is 0 Å². The Kier molecular flexibility index (Phi) is 6.93. The van der Waals surface area contributed by atoms with Crippen molar-refractivity contribution in [3.63, 3.8) is 0 Å². The minimum absolute atomic E-state index is 0.104. The normalized spacial score (nSPS) is 13.5. The van der Waals surface area contributed by atoms with Crippen LogP contribution in [0.2, 0.25) is 0 Å². The van der Waals surface area contributed by atoms with Crippen LogP contribution < -0.4 is 0 Å². The van der Waals surface area contributed by atoms with E-state index >= 15 is 0 Å². The number of alkyl halides is 2. The zero-order chi connectivity index (χ0) is 19.6. The number of carbonyl (C=O) groups excluding carboxylic acids is 1. The Morgan fingerprint density at radius 1 is 0.654 bits per heavy atom. The molecule has 2 atom stereocenters. The highest BCUT2D eigenvalue weighted by Gasteiger charge is 2.30. The van der Waals surface area contributed by atoms with Crippen LogP contribution in [-0.2, 0) is 4.79 Å². The Bertz CT molecular complexity index is 756. The molecule has 2 aromatic rings. The maximum absolute atomic E-state index is 13.4. The molecule has 0 bridgehead atoms. The van der Waals surface area contributed by atoms with E-state index in [1.165, 1.54) is 22.3 Å². The molecule has 0 aliphatic heterocycles. The number of aryl methyl sites for hydroxylation is 6. The maximum atomic E-state index is 13.4. The molecule has 0 saturated heterocycles. The van der Waals surface area contributed by atoms with Crippen molar-refractivity contribution in [3.8, 4) is 0 Å². The number of hydrogen-bond donors (Lipinski definition) is 0. The Morgan fingerprint density at radius 2 is 0.962 bits per heavy atom. The summed E-state index contributed by atoms with van der Waals surface area (Å²) in [7, 11) is 0. The van der Waals surface area contributed by atoms with Gasteiger partial charge in [-0.15, -0.1) is 23.2 Å². The average Bonchev–Trinajstić information content (AvgIpc) is 2.58. The van der Waals surface area contributed by atoms with E-state index in [1.807, 2.05) is 13.8 Å². The topological polar surface area (TPSA) is 17.1 Å². The number of rotatable bonds is 6. The number of hydrogen-bond acceptors (Lipinski definition) is 1. The van der Waals surface area contributed by atoms with Crippen LogP contribution in [0.15, 0.2) is 24.3 Å². The van der Waals surface area contributed by atoms with Crippen molar-refractivity contribution in [3.05, 3.63) is 68.8 Å². The SMILES string of the molecule is Cc1cc(C)c(C(CCl)C(=O)C(CCl)c2cc(C)c(C)cc2C)cc1C. The van der Waals surface area contributed by atoms with Gasteiger partial charge in [-0.2, -0.15) is 0 Å². The molecule has 0 saturated carbocycles. The van der Waals surface area contributed by atoms with Gasteiger partial charge in [-0.3, -0.25) is 4.79 Å². The molecule has 0 aromatic heterocycles. The van der Waals surface area contributed by atoms with Gasteiger partial charge in [0.05, 0.1) is 11.8 Å². The second kappa shape index (κ2) is 8.59. The molecule has 0 fully saturated rings. The molecule has 2 aromatic carbocycles.